The van der Waals surface area contributed by atoms with E-state index < -0.39 is 19.3 Å². The minimum atomic E-state index is -4.47. The van der Waals surface area contributed by atoms with Gasteiger partial charge in [0.2, 0.25) is 0 Å². The first kappa shape index (κ1) is 8.63. The second kappa shape index (κ2) is 2.54. The molecule has 64 valence electrons. The van der Waals surface area contributed by atoms with Crippen LogP contribution in [0.4, 0.5) is 0 Å². The van der Waals surface area contributed by atoms with E-state index in [2.05, 4.69) is 5.32 Å². The lowest BCUT2D eigenvalue weighted by molar-refractivity contribution is -0.157. The molecular weight excluding hydrogens is 175 g/mol. The van der Waals surface area contributed by atoms with Gasteiger partial charge >= 0.3 is 7.60 Å². The van der Waals surface area contributed by atoms with Crippen LogP contribution in [0.15, 0.2) is 0 Å². The second-order valence-corrected chi connectivity index (χ2v) is 3.79. The minimum absolute atomic E-state index is 0.226. The Hall–Kier alpha value is -0.460. The second-order valence-electron chi connectivity index (χ2n) is 2.09. The summed E-state index contributed by atoms with van der Waals surface area (Å²) in [6, 6.07) is 0. The lowest BCUT2D eigenvalue weighted by atomic mass is 10.6. The molecule has 0 bridgehead atoms. The van der Waals surface area contributed by atoms with Crippen LogP contribution in [0, 0.1) is 0 Å². The van der Waals surface area contributed by atoms with Gasteiger partial charge in [0.1, 0.15) is 0 Å². The summed E-state index contributed by atoms with van der Waals surface area (Å²) < 4.78 is 10.5. The van der Waals surface area contributed by atoms with Gasteiger partial charge in [-0.1, -0.05) is 0 Å². The Labute approximate surface area is 61.7 Å². The number of hydroxylamine groups is 2. The zero-order valence-corrected chi connectivity index (χ0v) is 6.23. The smallest absolute Gasteiger partial charge is 0.323 e. The third kappa shape index (κ3) is 1.58. The van der Waals surface area contributed by atoms with Crippen LogP contribution in [0.5, 0.6) is 0 Å². The molecule has 1 amide bonds. The standard InChI is InChI=1S/C3H7N2O5P/c6-3-2(11(8,9)10)4-1-5(3)7/h2,4,7H,1H2,(H2,8,9,10). The van der Waals surface area contributed by atoms with E-state index in [1.54, 1.807) is 0 Å². The highest BCUT2D eigenvalue weighted by atomic mass is 31.2. The molecule has 0 aliphatic carbocycles. The van der Waals surface area contributed by atoms with Crippen LogP contribution >= 0.6 is 7.60 Å². The molecule has 1 atom stereocenters. The van der Waals surface area contributed by atoms with E-state index in [1.807, 2.05) is 0 Å². The minimum Gasteiger partial charge on any atom is -0.323 e. The van der Waals surface area contributed by atoms with Gasteiger partial charge in [-0.25, -0.2) is 5.06 Å². The highest BCUT2D eigenvalue weighted by molar-refractivity contribution is 7.53. The third-order valence-corrected chi connectivity index (χ3v) is 2.34. The Morgan fingerprint density at radius 2 is 2.18 bits per heavy atom. The monoisotopic (exact) mass is 182 g/mol. The molecule has 1 heterocycles. The zero-order chi connectivity index (χ0) is 8.65. The van der Waals surface area contributed by atoms with Crippen LogP contribution in [0.3, 0.4) is 0 Å². The fourth-order valence-electron chi connectivity index (χ4n) is 0.742. The van der Waals surface area contributed by atoms with Crippen molar-refractivity contribution in [2.45, 2.75) is 5.78 Å². The highest BCUT2D eigenvalue weighted by Crippen LogP contribution is 2.41. The Kier molecular flexibility index (Phi) is 2.00. The van der Waals surface area contributed by atoms with Crippen molar-refractivity contribution in [1.82, 2.24) is 10.4 Å². The topological polar surface area (TPSA) is 110 Å². The van der Waals surface area contributed by atoms with E-state index in [4.69, 9.17) is 15.0 Å². The Balaban J connectivity index is 2.78. The average molecular weight is 182 g/mol. The van der Waals surface area contributed by atoms with Gasteiger partial charge in [-0.3, -0.25) is 19.9 Å². The van der Waals surface area contributed by atoms with Gasteiger partial charge in [-0.2, -0.15) is 0 Å². The lowest BCUT2D eigenvalue weighted by Gasteiger charge is -2.08. The summed E-state index contributed by atoms with van der Waals surface area (Å²) in [5, 5.41) is 11.0. The first-order valence-corrected chi connectivity index (χ1v) is 4.40. The molecule has 0 aromatic rings. The van der Waals surface area contributed by atoms with Gasteiger partial charge in [-0.05, 0) is 0 Å². The van der Waals surface area contributed by atoms with E-state index >= 15 is 0 Å². The van der Waals surface area contributed by atoms with Crippen molar-refractivity contribution in [1.29, 1.82) is 0 Å². The van der Waals surface area contributed by atoms with Crippen LogP contribution < -0.4 is 5.32 Å². The van der Waals surface area contributed by atoms with Gasteiger partial charge in [0.15, 0.2) is 5.78 Å². The van der Waals surface area contributed by atoms with Gasteiger partial charge < -0.3 is 9.79 Å². The fraction of sp³-hybridized carbons (Fsp3) is 0.667. The molecule has 1 aliphatic heterocycles. The van der Waals surface area contributed by atoms with Crippen molar-refractivity contribution in [3.8, 4) is 0 Å². The first-order valence-electron chi connectivity index (χ1n) is 2.72. The lowest BCUT2D eigenvalue weighted by Crippen LogP contribution is -2.28. The molecule has 4 N–H and O–H groups in total. The molecule has 0 aromatic carbocycles. The molecule has 1 unspecified atom stereocenters. The van der Waals surface area contributed by atoms with Crippen molar-refractivity contribution in [3.63, 3.8) is 0 Å². The SMILES string of the molecule is O=C1C(P(=O)(O)O)NCN1O. The van der Waals surface area contributed by atoms with Crippen molar-refractivity contribution in [3.05, 3.63) is 0 Å². The van der Waals surface area contributed by atoms with Gasteiger partial charge in [0.05, 0.1) is 6.67 Å². The average Bonchev–Trinajstić information content (AvgIpc) is 2.11. The summed E-state index contributed by atoms with van der Waals surface area (Å²) >= 11 is 0. The molecule has 1 fully saturated rings. The molecule has 11 heavy (non-hydrogen) atoms. The molecule has 1 aliphatic rings. The summed E-state index contributed by atoms with van der Waals surface area (Å²) in [5.74, 6) is -2.59. The third-order valence-electron chi connectivity index (χ3n) is 1.26. The summed E-state index contributed by atoms with van der Waals surface area (Å²) in [4.78, 5) is 27.7. The molecule has 0 saturated carbocycles. The first-order chi connectivity index (χ1) is 4.93. The largest absolute Gasteiger partial charge is 0.352 e. The molecule has 0 spiro atoms. The fourth-order valence-corrected chi connectivity index (χ4v) is 1.48. The number of nitrogens with one attached hydrogen (secondary N) is 1. The van der Waals surface area contributed by atoms with Gasteiger partial charge in [0, 0.05) is 0 Å². The predicted octanol–water partition coefficient (Wildman–Crippen LogP) is -1.73. The van der Waals surface area contributed by atoms with E-state index in [0.29, 0.717) is 0 Å². The zero-order valence-electron chi connectivity index (χ0n) is 5.34. The number of rotatable bonds is 1. The van der Waals surface area contributed by atoms with Crippen molar-refractivity contribution in [2.75, 3.05) is 6.67 Å². The van der Waals surface area contributed by atoms with Gasteiger partial charge in [0.25, 0.3) is 5.91 Å². The summed E-state index contributed by atoms with van der Waals surface area (Å²) in [6.45, 7) is -0.255. The van der Waals surface area contributed by atoms with Crippen LogP contribution in [0.25, 0.3) is 0 Å². The molecular formula is C3H7N2O5P. The Morgan fingerprint density at radius 1 is 1.64 bits per heavy atom. The van der Waals surface area contributed by atoms with Crippen LogP contribution in [0.1, 0.15) is 0 Å². The highest BCUT2D eigenvalue weighted by Gasteiger charge is 2.42. The predicted molar refractivity (Wildman–Crippen MR) is 32.5 cm³/mol. The molecule has 1 rings (SSSR count). The maximum absolute atomic E-state index is 10.7. The molecule has 8 heteroatoms. The summed E-state index contributed by atoms with van der Waals surface area (Å²) in [7, 11) is -4.47. The summed E-state index contributed by atoms with van der Waals surface area (Å²) in [5.41, 5.74) is 0. The van der Waals surface area contributed by atoms with Crippen LogP contribution in [-0.4, -0.2) is 38.4 Å². The summed E-state index contributed by atoms with van der Waals surface area (Å²) in [6.07, 6.45) is 0. The maximum atomic E-state index is 10.7. The molecule has 0 radical (unpaired) electrons. The number of hydrogen-bond donors (Lipinski definition) is 4. The van der Waals surface area contributed by atoms with E-state index in [1.165, 1.54) is 0 Å². The van der Waals surface area contributed by atoms with Crippen molar-refractivity contribution >= 4 is 13.5 Å². The van der Waals surface area contributed by atoms with E-state index in [0.717, 1.165) is 0 Å². The van der Waals surface area contributed by atoms with Crippen LogP contribution in [0.2, 0.25) is 0 Å². The number of amides is 1. The van der Waals surface area contributed by atoms with Gasteiger partial charge in [-0.15, -0.1) is 0 Å². The number of carbonyl (C=O) groups excluding carboxylic acids is 1. The maximum Gasteiger partial charge on any atom is 0.352 e. The molecule has 0 aromatic heterocycles. The number of nitrogens with zero attached hydrogens (tertiary/aromatic N) is 1. The van der Waals surface area contributed by atoms with Crippen molar-refractivity contribution in [2.24, 2.45) is 0 Å². The Morgan fingerprint density at radius 3 is 2.36 bits per heavy atom. The Bertz CT molecular complexity index is 224. The van der Waals surface area contributed by atoms with E-state index in [-0.39, 0.29) is 11.7 Å². The molecule has 7 nitrogen and oxygen atoms in total. The quantitative estimate of drug-likeness (QED) is 0.283. The number of hydrogen-bond acceptors (Lipinski definition) is 4. The van der Waals surface area contributed by atoms with E-state index in [9.17, 15) is 9.36 Å². The normalized spacial score (nSPS) is 26.3. The number of carbonyl (C=O) groups is 1. The van der Waals surface area contributed by atoms with Crippen molar-refractivity contribution < 1.29 is 24.4 Å². The van der Waals surface area contributed by atoms with Crippen LogP contribution in [-0.2, 0) is 9.36 Å². The molecule has 1 saturated heterocycles.